The third-order valence-corrected chi connectivity index (χ3v) is 5.27. The number of benzene rings is 2. The number of likely N-dealkylation sites (tertiary alicyclic amines) is 1. The maximum Gasteiger partial charge on any atom is 0.229 e. The summed E-state index contributed by atoms with van der Waals surface area (Å²) < 4.78 is 0. The Bertz CT molecular complexity index is 801. The van der Waals surface area contributed by atoms with Crippen LogP contribution in [0, 0.1) is 12.8 Å². The number of hydrogen-bond acceptors (Lipinski definition) is 2. The third-order valence-electron chi connectivity index (χ3n) is 5.27. The van der Waals surface area contributed by atoms with Gasteiger partial charge in [-0.3, -0.25) is 9.59 Å². The summed E-state index contributed by atoms with van der Waals surface area (Å²) in [7, 11) is 0. The molecular weight excluding hydrogens is 324 g/mol. The Hall–Kier alpha value is -2.62. The quantitative estimate of drug-likeness (QED) is 0.882. The van der Waals surface area contributed by atoms with Gasteiger partial charge in [-0.05, 0) is 37.0 Å². The summed E-state index contributed by atoms with van der Waals surface area (Å²) in [6, 6.07) is 16.0. The molecule has 4 heteroatoms. The maximum absolute atomic E-state index is 12.8. The largest absolute Gasteiger partial charge is 0.335 e. The molecule has 1 heterocycles. The van der Waals surface area contributed by atoms with Crippen molar-refractivity contribution in [3.8, 4) is 0 Å². The summed E-state index contributed by atoms with van der Waals surface area (Å²) in [5.41, 5.74) is 4.16. The van der Waals surface area contributed by atoms with E-state index in [-0.39, 0.29) is 30.2 Å². The number of carbonyl (C=O) groups excluding carboxylic acids is 2. The van der Waals surface area contributed by atoms with Gasteiger partial charge in [-0.2, -0.15) is 0 Å². The zero-order chi connectivity index (χ0) is 18.7. The van der Waals surface area contributed by atoms with Gasteiger partial charge in [0.2, 0.25) is 11.8 Å². The lowest BCUT2D eigenvalue weighted by atomic mass is 10.0. The molecule has 1 fully saturated rings. The van der Waals surface area contributed by atoms with Gasteiger partial charge in [0.15, 0.2) is 0 Å². The number of rotatable bonds is 5. The van der Waals surface area contributed by atoms with Crippen LogP contribution in [0.2, 0.25) is 0 Å². The minimum Gasteiger partial charge on any atom is -0.335 e. The van der Waals surface area contributed by atoms with E-state index in [1.165, 1.54) is 0 Å². The molecule has 26 heavy (non-hydrogen) atoms. The Morgan fingerprint density at radius 3 is 2.62 bits per heavy atom. The van der Waals surface area contributed by atoms with Crippen molar-refractivity contribution in [1.82, 2.24) is 4.90 Å². The van der Waals surface area contributed by atoms with Gasteiger partial charge < -0.3 is 10.2 Å². The van der Waals surface area contributed by atoms with Gasteiger partial charge in [-0.1, -0.05) is 55.5 Å². The van der Waals surface area contributed by atoms with E-state index in [4.69, 9.17) is 0 Å². The summed E-state index contributed by atoms with van der Waals surface area (Å²) in [5, 5.41) is 3.07. The molecule has 136 valence electrons. The minimum absolute atomic E-state index is 0.0221. The van der Waals surface area contributed by atoms with Crippen molar-refractivity contribution >= 4 is 17.5 Å². The molecule has 2 aromatic rings. The number of nitrogens with zero attached hydrogens (tertiary/aromatic N) is 1. The van der Waals surface area contributed by atoms with E-state index in [0.29, 0.717) is 6.54 Å². The zero-order valence-corrected chi connectivity index (χ0v) is 15.7. The molecule has 2 atom stereocenters. The second-order valence-electron chi connectivity index (χ2n) is 6.99. The molecule has 0 aromatic heterocycles. The second kappa shape index (κ2) is 7.73. The van der Waals surface area contributed by atoms with E-state index in [1.807, 2.05) is 67.3 Å². The Morgan fingerprint density at radius 2 is 1.92 bits per heavy atom. The maximum atomic E-state index is 12.8. The molecule has 0 saturated carbocycles. The van der Waals surface area contributed by atoms with E-state index < -0.39 is 0 Å². The second-order valence-corrected chi connectivity index (χ2v) is 6.99. The van der Waals surface area contributed by atoms with Crippen LogP contribution in [-0.4, -0.2) is 23.3 Å². The highest BCUT2D eigenvalue weighted by Gasteiger charge is 2.37. The number of aryl methyl sites for hydroxylation is 2. The van der Waals surface area contributed by atoms with E-state index in [9.17, 15) is 9.59 Å². The van der Waals surface area contributed by atoms with E-state index >= 15 is 0 Å². The summed E-state index contributed by atoms with van der Waals surface area (Å²) in [6.07, 6.45) is 1.13. The van der Waals surface area contributed by atoms with Crippen molar-refractivity contribution in [3.05, 3.63) is 65.2 Å². The van der Waals surface area contributed by atoms with Crippen LogP contribution in [0.25, 0.3) is 0 Å². The Kier molecular flexibility index (Phi) is 5.40. The molecule has 1 saturated heterocycles. The number of anilines is 1. The summed E-state index contributed by atoms with van der Waals surface area (Å²) in [4.78, 5) is 27.1. The van der Waals surface area contributed by atoms with Crippen molar-refractivity contribution in [2.75, 3.05) is 11.9 Å². The Balaban J connectivity index is 1.72. The normalized spacial score (nSPS) is 18.0. The average Bonchev–Trinajstić information content (AvgIpc) is 3.05. The van der Waals surface area contributed by atoms with Crippen LogP contribution in [0.5, 0.6) is 0 Å². The molecule has 0 aliphatic carbocycles. The van der Waals surface area contributed by atoms with E-state index in [2.05, 4.69) is 12.2 Å². The van der Waals surface area contributed by atoms with Crippen LogP contribution >= 0.6 is 0 Å². The molecule has 1 aliphatic rings. The first-order valence-electron chi connectivity index (χ1n) is 9.25. The standard InChI is InChI=1S/C22H26N2O2/c1-4-17-12-8-9-15(2)21(17)23-22(26)19-13-20(25)24(14-19)16(3)18-10-6-5-7-11-18/h5-12,16,19H,4,13-14H2,1-3H3,(H,23,26)/t16-,19+/m0/s1. The predicted octanol–water partition coefficient (Wildman–Crippen LogP) is 4.11. The lowest BCUT2D eigenvalue weighted by Crippen LogP contribution is -2.30. The third kappa shape index (κ3) is 3.64. The molecule has 2 aromatic carbocycles. The van der Waals surface area contributed by atoms with Crippen LogP contribution in [0.4, 0.5) is 5.69 Å². The van der Waals surface area contributed by atoms with Crippen LogP contribution in [0.3, 0.4) is 0 Å². The number of carbonyl (C=O) groups is 2. The van der Waals surface area contributed by atoms with E-state index in [0.717, 1.165) is 28.8 Å². The van der Waals surface area contributed by atoms with Gasteiger partial charge in [0.05, 0.1) is 12.0 Å². The molecule has 0 bridgehead atoms. The summed E-state index contributed by atoms with van der Waals surface area (Å²) in [6.45, 7) is 6.56. The average molecular weight is 350 g/mol. The SMILES string of the molecule is CCc1cccc(C)c1NC(=O)[C@@H]1CC(=O)N([C@@H](C)c2ccccc2)C1. The van der Waals surface area contributed by atoms with Crippen molar-refractivity contribution in [1.29, 1.82) is 0 Å². The molecule has 3 rings (SSSR count). The molecular formula is C22H26N2O2. The fraction of sp³-hybridized carbons (Fsp3) is 0.364. The number of nitrogens with one attached hydrogen (secondary N) is 1. The first kappa shape index (κ1) is 18.2. The topological polar surface area (TPSA) is 49.4 Å². The Morgan fingerprint density at radius 1 is 1.19 bits per heavy atom. The monoisotopic (exact) mass is 350 g/mol. The first-order valence-corrected chi connectivity index (χ1v) is 9.25. The van der Waals surface area contributed by atoms with Gasteiger partial charge in [0.1, 0.15) is 0 Å². The highest BCUT2D eigenvalue weighted by atomic mass is 16.2. The van der Waals surface area contributed by atoms with Crippen molar-refractivity contribution < 1.29 is 9.59 Å². The van der Waals surface area contributed by atoms with Crippen LogP contribution < -0.4 is 5.32 Å². The molecule has 0 radical (unpaired) electrons. The molecule has 2 amide bonds. The fourth-order valence-corrected chi connectivity index (χ4v) is 3.62. The van der Waals surface area contributed by atoms with Crippen molar-refractivity contribution in [3.63, 3.8) is 0 Å². The molecule has 0 unspecified atom stereocenters. The molecule has 1 N–H and O–H groups in total. The van der Waals surface area contributed by atoms with Gasteiger partial charge in [0.25, 0.3) is 0 Å². The fourth-order valence-electron chi connectivity index (χ4n) is 3.62. The highest BCUT2D eigenvalue weighted by molar-refractivity contribution is 5.98. The molecule has 4 nitrogen and oxygen atoms in total. The smallest absolute Gasteiger partial charge is 0.229 e. The lowest BCUT2D eigenvalue weighted by molar-refractivity contribution is -0.129. The number of amides is 2. The summed E-state index contributed by atoms with van der Waals surface area (Å²) >= 11 is 0. The van der Waals surface area contributed by atoms with Gasteiger partial charge in [-0.25, -0.2) is 0 Å². The number of para-hydroxylation sites is 1. The first-order chi connectivity index (χ1) is 12.5. The van der Waals surface area contributed by atoms with Crippen LogP contribution in [-0.2, 0) is 16.0 Å². The van der Waals surface area contributed by atoms with Crippen LogP contribution in [0.15, 0.2) is 48.5 Å². The zero-order valence-electron chi connectivity index (χ0n) is 15.7. The lowest BCUT2D eigenvalue weighted by Gasteiger charge is -2.25. The van der Waals surface area contributed by atoms with Crippen molar-refractivity contribution in [2.45, 2.75) is 39.7 Å². The van der Waals surface area contributed by atoms with Crippen LogP contribution in [0.1, 0.15) is 43.0 Å². The van der Waals surface area contributed by atoms with Crippen molar-refractivity contribution in [2.24, 2.45) is 5.92 Å². The highest BCUT2D eigenvalue weighted by Crippen LogP contribution is 2.30. The number of hydrogen-bond donors (Lipinski definition) is 1. The van der Waals surface area contributed by atoms with Gasteiger partial charge in [0, 0.05) is 18.7 Å². The van der Waals surface area contributed by atoms with Gasteiger partial charge in [-0.15, -0.1) is 0 Å². The predicted molar refractivity (Wildman–Crippen MR) is 104 cm³/mol. The minimum atomic E-state index is -0.307. The Labute approximate surface area is 155 Å². The van der Waals surface area contributed by atoms with Gasteiger partial charge >= 0.3 is 0 Å². The van der Waals surface area contributed by atoms with E-state index in [1.54, 1.807) is 0 Å². The summed E-state index contributed by atoms with van der Waals surface area (Å²) in [5.74, 6) is -0.329. The molecule has 1 aliphatic heterocycles. The molecule has 0 spiro atoms.